The minimum atomic E-state index is 0.253. The molecule has 1 saturated heterocycles. The van der Waals surface area contributed by atoms with E-state index in [1.165, 1.54) is 0 Å². The van der Waals surface area contributed by atoms with Crippen molar-refractivity contribution in [1.82, 2.24) is 20.2 Å². The van der Waals surface area contributed by atoms with Gasteiger partial charge in [0.15, 0.2) is 0 Å². The fraction of sp³-hybridized carbons (Fsp3) is 0.733. The molecule has 5 heteroatoms. The molecule has 112 valence electrons. The third kappa shape index (κ3) is 3.90. The van der Waals surface area contributed by atoms with Crippen molar-refractivity contribution in [3.8, 4) is 0 Å². The van der Waals surface area contributed by atoms with Crippen molar-refractivity contribution in [2.45, 2.75) is 39.8 Å². The minimum Gasteiger partial charge on any atom is -0.338 e. The predicted octanol–water partition coefficient (Wildman–Crippen LogP) is 1.51. The van der Waals surface area contributed by atoms with Crippen molar-refractivity contribution in [2.24, 2.45) is 0 Å². The van der Waals surface area contributed by atoms with Gasteiger partial charge in [0.2, 0.25) is 5.95 Å². The Bertz CT molecular complexity index is 401. The van der Waals surface area contributed by atoms with E-state index in [0.717, 1.165) is 50.8 Å². The van der Waals surface area contributed by atoms with Crippen molar-refractivity contribution < 1.29 is 0 Å². The second-order valence-corrected chi connectivity index (χ2v) is 6.32. The molecule has 0 saturated carbocycles. The summed E-state index contributed by atoms with van der Waals surface area (Å²) in [5, 5.41) is 3.29. The zero-order valence-electron chi connectivity index (χ0n) is 13.2. The summed E-state index contributed by atoms with van der Waals surface area (Å²) in [6.45, 7) is 14.9. The van der Waals surface area contributed by atoms with Gasteiger partial charge < -0.3 is 10.2 Å². The lowest BCUT2D eigenvalue weighted by Crippen LogP contribution is -2.53. The van der Waals surface area contributed by atoms with Crippen LogP contribution in [0.1, 0.15) is 33.3 Å². The van der Waals surface area contributed by atoms with Crippen molar-refractivity contribution in [3.05, 3.63) is 18.0 Å². The molecule has 0 spiro atoms. The smallest absolute Gasteiger partial charge is 0.225 e. The average Bonchev–Trinajstić information content (AvgIpc) is 2.45. The van der Waals surface area contributed by atoms with Gasteiger partial charge in [0.05, 0.1) is 0 Å². The zero-order valence-corrected chi connectivity index (χ0v) is 13.2. The van der Waals surface area contributed by atoms with E-state index in [9.17, 15) is 0 Å². The number of hydrogen-bond acceptors (Lipinski definition) is 5. The van der Waals surface area contributed by atoms with Gasteiger partial charge in [0.1, 0.15) is 0 Å². The van der Waals surface area contributed by atoms with Crippen molar-refractivity contribution >= 4 is 5.95 Å². The molecular weight excluding hydrogens is 250 g/mol. The van der Waals surface area contributed by atoms with Crippen LogP contribution in [0.2, 0.25) is 0 Å². The van der Waals surface area contributed by atoms with E-state index in [1.54, 1.807) is 0 Å². The fourth-order valence-corrected chi connectivity index (χ4v) is 2.45. The molecule has 1 aliphatic heterocycles. The number of nitrogens with one attached hydrogen (secondary N) is 1. The summed E-state index contributed by atoms with van der Waals surface area (Å²) in [5.41, 5.74) is 1.40. The first-order valence-corrected chi connectivity index (χ1v) is 7.52. The molecule has 1 aromatic heterocycles. The summed E-state index contributed by atoms with van der Waals surface area (Å²) < 4.78 is 0. The van der Waals surface area contributed by atoms with Crippen LogP contribution < -0.4 is 10.2 Å². The predicted molar refractivity (Wildman–Crippen MR) is 83.0 cm³/mol. The van der Waals surface area contributed by atoms with Crippen molar-refractivity contribution in [1.29, 1.82) is 0 Å². The van der Waals surface area contributed by atoms with Gasteiger partial charge in [-0.1, -0.05) is 6.92 Å². The maximum atomic E-state index is 4.50. The SMILES string of the molecule is CCNCc1cnc(N2CCN(C(C)(C)C)CC2)nc1. The summed E-state index contributed by atoms with van der Waals surface area (Å²) in [4.78, 5) is 13.8. The second-order valence-electron chi connectivity index (χ2n) is 6.32. The van der Waals surface area contributed by atoms with Crippen LogP contribution in [0.15, 0.2) is 12.4 Å². The molecule has 1 N–H and O–H groups in total. The van der Waals surface area contributed by atoms with Gasteiger partial charge in [-0.3, -0.25) is 4.90 Å². The number of piperazine rings is 1. The number of hydrogen-bond donors (Lipinski definition) is 1. The molecule has 1 aromatic rings. The standard InChI is InChI=1S/C15H27N5/c1-5-16-10-13-11-17-14(18-12-13)19-6-8-20(9-7-19)15(2,3)4/h11-12,16H,5-10H2,1-4H3. The Morgan fingerprint density at radius 3 is 2.20 bits per heavy atom. The van der Waals surface area contributed by atoms with Crippen LogP contribution in [0.4, 0.5) is 5.95 Å². The largest absolute Gasteiger partial charge is 0.338 e. The normalized spacial score (nSPS) is 17.5. The summed E-state index contributed by atoms with van der Waals surface area (Å²) in [7, 11) is 0. The van der Waals surface area contributed by atoms with Crippen LogP contribution in [0.5, 0.6) is 0 Å². The summed E-state index contributed by atoms with van der Waals surface area (Å²) >= 11 is 0. The lowest BCUT2D eigenvalue weighted by atomic mass is 10.1. The second kappa shape index (κ2) is 6.50. The Labute approximate surface area is 122 Å². The molecule has 2 rings (SSSR count). The maximum Gasteiger partial charge on any atom is 0.225 e. The van der Waals surface area contributed by atoms with E-state index in [2.05, 4.69) is 52.8 Å². The Hall–Kier alpha value is -1.20. The van der Waals surface area contributed by atoms with Gasteiger partial charge in [-0.15, -0.1) is 0 Å². The van der Waals surface area contributed by atoms with Crippen LogP contribution in [0.25, 0.3) is 0 Å². The highest BCUT2D eigenvalue weighted by Crippen LogP contribution is 2.18. The maximum absolute atomic E-state index is 4.50. The van der Waals surface area contributed by atoms with Crippen molar-refractivity contribution in [3.63, 3.8) is 0 Å². The zero-order chi connectivity index (χ0) is 14.6. The molecule has 5 nitrogen and oxygen atoms in total. The molecule has 0 aliphatic carbocycles. The lowest BCUT2D eigenvalue weighted by Gasteiger charge is -2.42. The van der Waals surface area contributed by atoms with Gasteiger partial charge in [-0.2, -0.15) is 0 Å². The van der Waals surface area contributed by atoms with Crippen LogP contribution in [-0.4, -0.2) is 53.1 Å². The van der Waals surface area contributed by atoms with Crippen molar-refractivity contribution in [2.75, 3.05) is 37.6 Å². The first-order chi connectivity index (χ1) is 9.50. The monoisotopic (exact) mass is 277 g/mol. The van der Waals surface area contributed by atoms with Gasteiger partial charge in [-0.05, 0) is 27.3 Å². The highest BCUT2D eigenvalue weighted by Gasteiger charge is 2.26. The van der Waals surface area contributed by atoms with Gasteiger partial charge in [0.25, 0.3) is 0 Å². The average molecular weight is 277 g/mol. The molecule has 0 bridgehead atoms. The molecule has 0 amide bonds. The minimum absolute atomic E-state index is 0.253. The molecule has 0 unspecified atom stereocenters. The Balaban J connectivity index is 1.90. The van der Waals surface area contributed by atoms with E-state index in [-0.39, 0.29) is 5.54 Å². The molecule has 0 aromatic carbocycles. The van der Waals surface area contributed by atoms with E-state index >= 15 is 0 Å². The molecular formula is C15H27N5. The quantitative estimate of drug-likeness (QED) is 0.904. The molecule has 20 heavy (non-hydrogen) atoms. The first-order valence-electron chi connectivity index (χ1n) is 7.52. The Morgan fingerprint density at radius 2 is 1.70 bits per heavy atom. The third-order valence-electron chi connectivity index (χ3n) is 3.78. The molecule has 0 radical (unpaired) electrons. The van der Waals surface area contributed by atoms with E-state index in [0.29, 0.717) is 0 Å². The van der Waals surface area contributed by atoms with Crippen LogP contribution >= 0.6 is 0 Å². The molecule has 1 fully saturated rings. The number of anilines is 1. The first kappa shape index (κ1) is 15.2. The van der Waals surface area contributed by atoms with Gasteiger partial charge in [-0.25, -0.2) is 9.97 Å². The summed E-state index contributed by atoms with van der Waals surface area (Å²) in [6.07, 6.45) is 3.86. The van der Waals surface area contributed by atoms with E-state index < -0.39 is 0 Å². The highest BCUT2D eigenvalue weighted by molar-refractivity contribution is 5.30. The van der Waals surface area contributed by atoms with E-state index in [1.807, 2.05) is 12.4 Å². The van der Waals surface area contributed by atoms with Gasteiger partial charge >= 0.3 is 0 Å². The van der Waals surface area contributed by atoms with E-state index in [4.69, 9.17) is 0 Å². The topological polar surface area (TPSA) is 44.3 Å². The number of nitrogens with zero attached hydrogens (tertiary/aromatic N) is 4. The van der Waals surface area contributed by atoms with Crippen LogP contribution in [-0.2, 0) is 6.54 Å². The Kier molecular flexibility index (Phi) is 4.94. The summed E-state index contributed by atoms with van der Waals surface area (Å²) in [5.74, 6) is 0.860. The van der Waals surface area contributed by atoms with Crippen LogP contribution in [0, 0.1) is 0 Å². The van der Waals surface area contributed by atoms with Gasteiger partial charge in [0, 0.05) is 56.2 Å². The third-order valence-corrected chi connectivity index (χ3v) is 3.78. The molecule has 2 heterocycles. The number of rotatable bonds is 4. The summed E-state index contributed by atoms with van der Waals surface area (Å²) in [6, 6.07) is 0. The molecule has 0 atom stereocenters. The van der Waals surface area contributed by atoms with Crippen LogP contribution in [0.3, 0.4) is 0 Å². The number of aromatic nitrogens is 2. The fourth-order valence-electron chi connectivity index (χ4n) is 2.45. The lowest BCUT2D eigenvalue weighted by molar-refractivity contribution is 0.128. The molecule has 1 aliphatic rings. The Morgan fingerprint density at radius 1 is 1.10 bits per heavy atom. The highest BCUT2D eigenvalue weighted by atomic mass is 15.3.